The van der Waals surface area contributed by atoms with Gasteiger partial charge >= 0.3 is 0 Å². The van der Waals surface area contributed by atoms with Crippen molar-refractivity contribution < 1.29 is 9.47 Å². The smallest absolute Gasteiger partial charge is 0.127 e. The molecule has 0 fully saturated rings. The van der Waals surface area contributed by atoms with Gasteiger partial charge in [0.1, 0.15) is 17.2 Å². The van der Waals surface area contributed by atoms with Crippen LogP contribution < -0.4 is 14.3 Å². The summed E-state index contributed by atoms with van der Waals surface area (Å²) >= 11 is 5.47. The van der Waals surface area contributed by atoms with Crippen molar-refractivity contribution in [1.29, 1.82) is 0 Å². The molecule has 0 aromatic heterocycles. The maximum atomic E-state index is 5.65. The molecule has 5 heteroatoms. The summed E-state index contributed by atoms with van der Waals surface area (Å²) in [5.41, 5.74) is 0.828. The zero-order chi connectivity index (χ0) is 12.1. The Bertz CT molecular complexity index is 426. The number of hydrogen-bond acceptors (Lipinski definition) is 3. The first-order chi connectivity index (χ1) is 8.31. The van der Waals surface area contributed by atoms with E-state index in [2.05, 4.69) is 4.84 Å². The van der Waals surface area contributed by atoms with Gasteiger partial charge in [-0.2, -0.15) is 0 Å². The predicted molar refractivity (Wildman–Crippen MR) is 76.2 cm³/mol. The standard InChI is InChI=1S/C13H12ClNO2.ClH/c1-16-11-6-8-13(9-7-11)17-12-4-2-10(15-14)3-5-12;/h2-9,15H,1H3;1H. The average Bonchev–Trinajstić information content (AvgIpc) is 2.40. The van der Waals surface area contributed by atoms with E-state index >= 15 is 0 Å². The largest absolute Gasteiger partial charge is 0.497 e. The van der Waals surface area contributed by atoms with Crippen LogP contribution >= 0.6 is 24.2 Å². The zero-order valence-corrected chi connectivity index (χ0v) is 11.3. The summed E-state index contributed by atoms with van der Waals surface area (Å²) < 4.78 is 10.7. The van der Waals surface area contributed by atoms with Gasteiger partial charge in [-0.1, -0.05) is 0 Å². The molecule has 96 valence electrons. The molecule has 0 atom stereocenters. The molecule has 18 heavy (non-hydrogen) atoms. The van der Waals surface area contributed by atoms with Gasteiger partial charge in [-0.05, 0) is 48.5 Å². The Morgan fingerprint density at radius 1 is 0.833 bits per heavy atom. The third-order valence-corrected chi connectivity index (χ3v) is 2.48. The third kappa shape index (κ3) is 3.72. The van der Waals surface area contributed by atoms with Crippen molar-refractivity contribution in [1.82, 2.24) is 0 Å². The van der Waals surface area contributed by atoms with Gasteiger partial charge in [0.05, 0.1) is 7.11 Å². The van der Waals surface area contributed by atoms with Crippen LogP contribution in [0.25, 0.3) is 0 Å². The number of ether oxygens (including phenoxy) is 2. The minimum atomic E-state index is 0. The molecule has 0 bridgehead atoms. The number of nitrogens with one attached hydrogen (secondary N) is 1. The summed E-state index contributed by atoms with van der Waals surface area (Å²) in [4.78, 5) is 2.53. The normalized spacial score (nSPS) is 9.22. The average molecular weight is 286 g/mol. The molecule has 3 nitrogen and oxygen atoms in total. The molecular formula is C13H13Cl2NO2. The van der Waals surface area contributed by atoms with E-state index in [0.29, 0.717) is 0 Å². The number of halogens is 2. The van der Waals surface area contributed by atoms with Crippen LogP contribution in [0.5, 0.6) is 17.2 Å². The molecule has 0 spiro atoms. The first-order valence-electron chi connectivity index (χ1n) is 5.10. The van der Waals surface area contributed by atoms with Crippen molar-refractivity contribution in [2.45, 2.75) is 0 Å². The Kier molecular flexibility index (Phi) is 5.62. The van der Waals surface area contributed by atoms with Gasteiger partial charge in [0.25, 0.3) is 0 Å². The van der Waals surface area contributed by atoms with Gasteiger partial charge in [0, 0.05) is 17.5 Å². The molecule has 0 radical (unpaired) electrons. The molecule has 2 rings (SSSR count). The highest BCUT2D eigenvalue weighted by Gasteiger charge is 1.98. The van der Waals surface area contributed by atoms with Crippen LogP contribution in [0.3, 0.4) is 0 Å². The van der Waals surface area contributed by atoms with E-state index < -0.39 is 0 Å². The summed E-state index contributed by atoms with van der Waals surface area (Å²) in [6.45, 7) is 0. The Labute approximate surface area is 117 Å². The molecule has 0 aliphatic carbocycles. The number of hydrogen-bond donors (Lipinski definition) is 1. The van der Waals surface area contributed by atoms with Crippen molar-refractivity contribution in [2.24, 2.45) is 0 Å². The highest BCUT2D eigenvalue weighted by Crippen LogP contribution is 2.24. The maximum Gasteiger partial charge on any atom is 0.127 e. The Morgan fingerprint density at radius 3 is 1.72 bits per heavy atom. The van der Waals surface area contributed by atoms with E-state index in [1.165, 1.54) is 0 Å². The van der Waals surface area contributed by atoms with Gasteiger partial charge in [-0.3, -0.25) is 4.84 Å². The lowest BCUT2D eigenvalue weighted by molar-refractivity contribution is 0.413. The molecule has 2 aromatic carbocycles. The van der Waals surface area contributed by atoms with Crippen LogP contribution in [0.2, 0.25) is 0 Å². The molecule has 0 aliphatic rings. The minimum absolute atomic E-state index is 0. The minimum Gasteiger partial charge on any atom is -0.497 e. The molecule has 1 N–H and O–H groups in total. The quantitative estimate of drug-likeness (QED) is 0.841. The highest BCUT2D eigenvalue weighted by atomic mass is 35.5. The maximum absolute atomic E-state index is 5.65. The summed E-state index contributed by atoms with van der Waals surface area (Å²) in [6.07, 6.45) is 0. The van der Waals surface area contributed by atoms with Crippen LogP contribution in [0.15, 0.2) is 48.5 Å². The monoisotopic (exact) mass is 285 g/mol. The van der Waals surface area contributed by atoms with Crippen LogP contribution in [0, 0.1) is 0 Å². The summed E-state index contributed by atoms with van der Waals surface area (Å²) in [5, 5.41) is 0. The fourth-order valence-corrected chi connectivity index (χ4v) is 1.49. The van der Waals surface area contributed by atoms with E-state index in [1.807, 2.05) is 48.5 Å². The van der Waals surface area contributed by atoms with Crippen LogP contribution in [-0.4, -0.2) is 7.11 Å². The molecule has 0 heterocycles. The van der Waals surface area contributed by atoms with Crippen molar-refractivity contribution in [2.75, 3.05) is 11.9 Å². The van der Waals surface area contributed by atoms with Crippen molar-refractivity contribution >= 4 is 29.9 Å². The van der Waals surface area contributed by atoms with E-state index in [0.717, 1.165) is 22.9 Å². The second-order valence-corrected chi connectivity index (χ2v) is 3.59. The highest BCUT2D eigenvalue weighted by molar-refractivity contribution is 6.23. The Morgan fingerprint density at radius 2 is 1.28 bits per heavy atom. The van der Waals surface area contributed by atoms with Crippen LogP contribution in [0.1, 0.15) is 0 Å². The van der Waals surface area contributed by atoms with E-state index in [4.69, 9.17) is 21.3 Å². The molecule has 2 aromatic rings. The van der Waals surface area contributed by atoms with E-state index in [1.54, 1.807) is 7.11 Å². The lowest BCUT2D eigenvalue weighted by Gasteiger charge is -2.07. The Balaban J connectivity index is 0.00000162. The third-order valence-electron chi connectivity index (χ3n) is 2.26. The summed E-state index contributed by atoms with van der Waals surface area (Å²) in [6, 6.07) is 14.8. The fraction of sp³-hybridized carbons (Fsp3) is 0.0769. The molecule has 0 amide bonds. The van der Waals surface area contributed by atoms with Gasteiger partial charge in [-0.25, -0.2) is 0 Å². The van der Waals surface area contributed by atoms with E-state index in [9.17, 15) is 0 Å². The SMILES string of the molecule is COc1ccc(Oc2ccc(NCl)cc2)cc1.Cl. The zero-order valence-electron chi connectivity index (χ0n) is 9.72. The number of methoxy groups -OCH3 is 1. The van der Waals surface area contributed by atoms with Crippen molar-refractivity contribution in [3.8, 4) is 17.2 Å². The van der Waals surface area contributed by atoms with Gasteiger partial charge in [0.2, 0.25) is 0 Å². The molecular weight excluding hydrogens is 273 g/mol. The van der Waals surface area contributed by atoms with Gasteiger partial charge in [0.15, 0.2) is 0 Å². The molecule has 0 unspecified atom stereocenters. The number of benzene rings is 2. The molecule has 0 aliphatic heterocycles. The lowest BCUT2D eigenvalue weighted by Crippen LogP contribution is -1.86. The second kappa shape index (κ2) is 6.99. The summed E-state index contributed by atoms with van der Waals surface area (Å²) in [7, 11) is 1.63. The predicted octanol–water partition coefficient (Wildman–Crippen LogP) is 4.48. The van der Waals surface area contributed by atoms with Crippen molar-refractivity contribution in [3.63, 3.8) is 0 Å². The Hall–Kier alpha value is -1.58. The van der Waals surface area contributed by atoms with Crippen LogP contribution in [0.4, 0.5) is 5.69 Å². The number of anilines is 1. The second-order valence-electron chi connectivity index (χ2n) is 3.40. The van der Waals surface area contributed by atoms with Crippen LogP contribution in [-0.2, 0) is 0 Å². The summed E-state index contributed by atoms with van der Waals surface area (Å²) in [5.74, 6) is 2.32. The van der Waals surface area contributed by atoms with Gasteiger partial charge in [-0.15, -0.1) is 12.4 Å². The number of rotatable bonds is 4. The lowest BCUT2D eigenvalue weighted by atomic mass is 10.3. The fourth-order valence-electron chi connectivity index (χ4n) is 1.37. The van der Waals surface area contributed by atoms with Crippen molar-refractivity contribution in [3.05, 3.63) is 48.5 Å². The molecule has 0 saturated carbocycles. The van der Waals surface area contributed by atoms with E-state index in [-0.39, 0.29) is 12.4 Å². The first kappa shape index (κ1) is 14.5. The van der Waals surface area contributed by atoms with Gasteiger partial charge < -0.3 is 9.47 Å². The topological polar surface area (TPSA) is 30.5 Å². The first-order valence-corrected chi connectivity index (χ1v) is 5.48. The molecule has 0 saturated heterocycles.